The number of phenolic OH excluding ortho intramolecular Hbond substituents is 2. The van der Waals surface area contributed by atoms with Gasteiger partial charge in [-0.3, -0.25) is 0 Å². The Hall–Kier alpha value is -1.91. The number of nitrogens with one attached hydrogen (secondary N) is 1. The van der Waals surface area contributed by atoms with Crippen LogP contribution in [0.4, 0.5) is 4.79 Å². The molecule has 14 heavy (non-hydrogen) atoms. The van der Waals surface area contributed by atoms with Crippen LogP contribution in [0.3, 0.4) is 0 Å². The van der Waals surface area contributed by atoms with Crippen molar-refractivity contribution in [3.63, 3.8) is 0 Å². The molecule has 0 saturated carbocycles. The normalized spacial score (nSPS) is 20.3. The number of carbonyl (C=O) groups is 1. The van der Waals surface area contributed by atoms with Crippen LogP contribution in [0.15, 0.2) is 18.2 Å². The molecular formula is C9H9NO4. The van der Waals surface area contributed by atoms with Gasteiger partial charge in [-0.05, 0) is 6.07 Å². The van der Waals surface area contributed by atoms with Gasteiger partial charge in [-0.25, -0.2) is 4.79 Å². The molecule has 1 aliphatic rings. The second-order valence-electron chi connectivity index (χ2n) is 3.01. The fraction of sp³-hybridized carbons (Fsp3) is 0.222. The van der Waals surface area contributed by atoms with E-state index in [-0.39, 0.29) is 18.1 Å². The maximum absolute atomic E-state index is 10.7. The van der Waals surface area contributed by atoms with Gasteiger partial charge in [-0.2, -0.15) is 0 Å². The first-order chi connectivity index (χ1) is 6.68. The lowest BCUT2D eigenvalue weighted by atomic mass is 10.1. The molecule has 1 fully saturated rings. The van der Waals surface area contributed by atoms with E-state index in [1.165, 1.54) is 6.07 Å². The number of phenols is 2. The monoisotopic (exact) mass is 195 g/mol. The van der Waals surface area contributed by atoms with Crippen LogP contribution in [0.25, 0.3) is 0 Å². The van der Waals surface area contributed by atoms with Gasteiger partial charge in [-0.1, -0.05) is 12.1 Å². The lowest BCUT2D eigenvalue weighted by Gasteiger charge is -2.10. The second kappa shape index (κ2) is 3.10. The summed E-state index contributed by atoms with van der Waals surface area (Å²) in [5.41, 5.74) is 0.454. The second-order valence-corrected chi connectivity index (χ2v) is 3.01. The molecule has 1 atom stereocenters. The molecule has 0 aliphatic carbocycles. The van der Waals surface area contributed by atoms with Crippen molar-refractivity contribution in [1.29, 1.82) is 0 Å². The van der Waals surface area contributed by atoms with Crippen LogP contribution in [-0.2, 0) is 4.74 Å². The summed E-state index contributed by atoms with van der Waals surface area (Å²) in [6.07, 6.45) is -0.516. The molecule has 5 heteroatoms. The van der Waals surface area contributed by atoms with Crippen LogP contribution in [0, 0.1) is 0 Å². The number of carbonyl (C=O) groups excluding carboxylic acids is 1. The minimum absolute atomic E-state index is 0.163. The summed E-state index contributed by atoms with van der Waals surface area (Å²) < 4.78 is 4.67. The predicted octanol–water partition coefficient (Wildman–Crippen LogP) is 0.879. The lowest BCUT2D eigenvalue weighted by Crippen LogP contribution is -2.18. The van der Waals surface area contributed by atoms with Gasteiger partial charge < -0.3 is 20.3 Å². The van der Waals surface area contributed by atoms with Crippen molar-refractivity contribution in [2.24, 2.45) is 0 Å². The van der Waals surface area contributed by atoms with Crippen molar-refractivity contribution in [3.8, 4) is 11.5 Å². The summed E-state index contributed by atoms with van der Waals surface area (Å²) in [4.78, 5) is 10.7. The van der Waals surface area contributed by atoms with E-state index in [0.717, 1.165) is 0 Å². The van der Waals surface area contributed by atoms with Crippen molar-refractivity contribution < 1.29 is 19.7 Å². The highest BCUT2D eigenvalue weighted by atomic mass is 16.6. The van der Waals surface area contributed by atoms with Crippen molar-refractivity contribution in [2.45, 2.75) is 6.04 Å². The number of amides is 1. The van der Waals surface area contributed by atoms with Gasteiger partial charge in [0.25, 0.3) is 0 Å². The highest BCUT2D eigenvalue weighted by Gasteiger charge is 2.26. The minimum Gasteiger partial charge on any atom is -0.504 e. The van der Waals surface area contributed by atoms with Gasteiger partial charge in [0.1, 0.15) is 6.61 Å². The zero-order valence-electron chi connectivity index (χ0n) is 7.23. The minimum atomic E-state index is -0.516. The molecule has 74 valence electrons. The van der Waals surface area contributed by atoms with Crippen LogP contribution in [0.1, 0.15) is 11.6 Å². The summed E-state index contributed by atoms with van der Waals surface area (Å²) in [7, 11) is 0. The van der Waals surface area contributed by atoms with Gasteiger partial charge in [0, 0.05) is 5.56 Å². The molecule has 1 aromatic carbocycles. The van der Waals surface area contributed by atoms with Gasteiger partial charge in [0.05, 0.1) is 6.04 Å². The standard InChI is InChI=1S/C9H9NO4/c11-7-3-1-2-5(8(7)12)6-4-14-9(13)10-6/h1-3,6,11-12H,4H2,(H,10,13)/t6-/m0/s1. The SMILES string of the molecule is O=C1N[C@H](c2cccc(O)c2O)CO1. The first-order valence-corrected chi connectivity index (χ1v) is 4.12. The van der Waals surface area contributed by atoms with E-state index in [9.17, 15) is 15.0 Å². The van der Waals surface area contributed by atoms with Crippen LogP contribution >= 0.6 is 0 Å². The number of cyclic esters (lactones) is 1. The third kappa shape index (κ3) is 1.32. The molecule has 1 aromatic rings. The van der Waals surface area contributed by atoms with E-state index in [0.29, 0.717) is 5.56 Å². The summed E-state index contributed by atoms with van der Waals surface area (Å²) >= 11 is 0. The molecule has 0 radical (unpaired) electrons. The Morgan fingerprint density at radius 2 is 2.21 bits per heavy atom. The molecule has 1 saturated heterocycles. The molecule has 5 nitrogen and oxygen atoms in total. The smallest absolute Gasteiger partial charge is 0.407 e. The van der Waals surface area contributed by atoms with Gasteiger partial charge in [0.2, 0.25) is 0 Å². The maximum Gasteiger partial charge on any atom is 0.407 e. The van der Waals surface area contributed by atoms with Gasteiger partial charge >= 0.3 is 6.09 Å². The third-order valence-electron chi connectivity index (χ3n) is 2.09. The number of aromatic hydroxyl groups is 2. The molecule has 0 spiro atoms. The quantitative estimate of drug-likeness (QED) is 0.581. The van der Waals surface area contributed by atoms with E-state index < -0.39 is 12.1 Å². The largest absolute Gasteiger partial charge is 0.504 e. The first-order valence-electron chi connectivity index (χ1n) is 4.12. The van der Waals surface area contributed by atoms with E-state index >= 15 is 0 Å². The predicted molar refractivity (Wildman–Crippen MR) is 47.0 cm³/mol. The third-order valence-corrected chi connectivity index (χ3v) is 2.09. The van der Waals surface area contributed by atoms with E-state index in [1.807, 2.05) is 0 Å². The highest BCUT2D eigenvalue weighted by Crippen LogP contribution is 2.33. The van der Waals surface area contributed by atoms with Gasteiger partial charge in [-0.15, -0.1) is 0 Å². The number of para-hydroxylation sites is 1. The van der Waals surface area contributed by atoms with E-state index in [4.69, 9.17) is 0 Å². The fourth-order valence-corrected chi connectivity index (χ4v) is 1.38. The molecule has 1 amide bonds. The Morgan fingerprint density at radius 3 is 2.86 bits per heavy atom. The van der Waals surface area contributed by atoms with Crippen molar-refractivity contribution in [1.82, 2.24) is 5.32 Å². The average molecular weight is 195 g/mol. The molecule has 1 heterocycles. The Kier molecular flexibility index (Phi) is 1.92. The van der Waals surface area contributed by atoms with Crippen LogP contribution < -0.4 is 5.32 Å². The summed E-state index contributed by atoms with van der Waals surface area (Å²) in [5.74, 6) is -0.424. The van der Waals surface area contributed by atoms with Gasteiger partial charge in [0.15, 0.2) is 11.5 Å². The zero-order chi connectivity index (χ0) is 10.1. The molecular weight excluding hydrogens is 186 g/mol. The number of rotatable bonds is 1. The zero-order valence-corrected chi connectivity index (χ0v) is 7.23. The molecule has 3 N–H and O–H groups in total. The molecule has 0 unspecified atom stereocenters. The topological polar surface area (TPSA) is 78.8 Å². The summed E-state index contributed by atoms with van der Waals surface area (Å²) in [6, 6.07) is 4.19. The average Bonchev–Trinajstić information content (AvgIpc) is 2.57. The molecule has 1 aliphatic heterocycles. The van der Waals surface area contributed by atoms with E-state index in [2.05, 4.69) is 10.1 Å². The van der Waals surface area contributed by atoms with Crippen molar-refractivity contribution >= 4 is 6.09 Å². The van der Waals surface area contributed by atoms with Crippen LogP contribution in [-0.4, -0.2) is 22.9 Å². The molecule has 0 bridgehead atoms. The number of hydrogen-bond acceptors (Lipinski definition) is 4. The van der Waals surface area contributed by atoms with Crippen molar-refractivity contribution in [2.75, 3.05) is 6.61 Å². The summed E-state index contributed by atoms with van der Waals surface area (Å²) in [6.45, 7) is 0.163. The molecule has 2 rings (SSSR count). The van der Waals surface area contributed by atoms with Crippen LogP contribution in [0.5, 0.6) is 11.5 Å². The fourth-order valence-electron chi connectivity index (χ4n) is 1.38. The first kappa shape index (κ1) is 8.68. The Labute approximate surface area is 79.9 Å². The maximum atomic E-state index is 10.7. The molecule has 0 aromatic heterocycles. The number of hydrogen-bond donors (Lipinski definition) is 3. The Morgan fingerprint density at radius 1 is 1.43 bits per heavy atom. The summed E-state index contributed by atoms with van der Waals surface area (Å²) in [5, 5.41) is 21.2. The lowest BCUT2D eigenvalue weighted by molar-refractivity contribution is 0.177. The number of alkyl carbamates (subject to hydrolysis) is 1. The Bertz CT molecular complexity index is 377. The van der Waals surface area contributed by atoms with E-state index in [1.54, 1.807) is 12.1 Å². The van der Waals surface area contributed by atoms with Crippen LogP contribution in [0.2, 0.25) is 0 Å². The Balaban J connectivity index is 2.32. The highest BCUT2D eigenvalue weighted by molar-refractivity contribution is 5.70. The number of ether oxygens (including phenoxy) is 1. The number of benzene rings is 1. The van der Waals surface area contributed by atoms with Crippen molar-refractivity contribution in [3.05, 3.63) is 23.8 Å².